The Morgan fingerprint density at radius 1 is 1.26 bits per heavy atom. The standard InChI is InChI=1S/C16H17N5O2/c1-10-15(11(2)23-20-10)16(22)18-6-12-4-13(7-17-5-12)14-8-19-21(3)9-14/h4-5,7-9H,6H2,1-3H3,(H,18,22). The molecular weight excluding hydrogens is 294 g/mol. The lowest BCUT2D eigenvalue weighted by atomic mass is 10.1. The van der Waals surface area contributed by atoms with Gasteiger partial charge < -0.3 is 9.84 Å². The lowest BCUT2D eigenvalue weighted by Gasteiger charge is -2.06. The van der Waals surface area contributed by atoms with Gasteiger partial charge in [-0.25, -0.2) is 0 Å². The van der Waals surface area contributed by atoms with E-state index in [4.69, 9.17) is 4.52 Å². The molecule has 3 aromatic rings. The first kappa shape index (κ1) is 15.0. The van der Waals surface area contributed by atoms with Gasteiger partial charge in [-0.05, 0) is 25.5 Å². The highest BCUT2D eigenvalue weighted by atomic mass is 16.5. The van der Waals surface area contributed by atoms with Crippen LogP contribution in [0.5, 0.6) is 0 Å². The van der Waals surface area contributed by atoms with Crippen molar-refractivity contribution in [3.63, 3.8) is 0 Å². The third kappa shape index (κ3) is 3.13. The SMILES string of the molecule is Cc1noc(C)c1C(=O)NCc1cncc(-c2cnn(C)c2)c1. The summed E-state index contributed by atoms with van der Waals surface area (Å²) in [6.07, 6.45) is 7.20. The van der Waals surface area contributed by atoms with Gasteiger partial charge in [0.2, 0.25) is 0 Å². The molecule has 1 N–H and O–H groups in total. The summed E-state index contributed by atoms with van der Waals surface area (Å²) in [4.78, 5) is 16.5. The van der Waals surface area contributed by atoms with Crippen molar-refractivity contribution in [1.82, 2.24) is 25.2 Å². The number of hydrogen-bond acceptors (Lipinski definition) is 5. The van der Waals surface area contributed by atoms with E-state index in [-0.39, 0.29) is 5.91 Å². The molecule has 0 fully saturated rings. The summed E-state index contributed by atoms with van der Waals surface area (Å²) in [5, 5.41) is 10.8. The molecule has 0 radical (unpaired) electrons. The van der Waals surface area contributed by atoms with Crippen molar-refractivity contribution in [2.24, 2.45) is 7.05 Å². The van der Waals surface area contributed by atoms with Gasteiger partial charge in [-0.2, -0.15) is 5.10 Å². The Hall–Kier alpha value is -2.96. The number of amides is 1. The Morgan fingerprint density at radius 3 is 2.74 bits per heavy atom. The number of aryl methyl sites for hydroxylation is 3. The molecular formula is C16H17N5O2. The smallest absolute Gasteiger partial charge is 0.257 e. The summed E-state index contributed by atoms with van der Waals surface area (Å²) in [7, 11) is 1.87. The third-order valence-corrected chi connectivity index (χ3v) is 3.55. The van der Waals surface area contributed by atoms with Crippen LogP contribution in [0.1, 0.15) is 27.4 Å². The van der Waals surface area contributed by atoms with Gasteiger partial charge in [0.25, 0.3) is 5.91 Å². The normalized spacial score (nSPS) is 10.7. The third-order valence-electron chi connectivity index (χ3n) is 3.55. The van der Waals surface area contributed by atoms with Gasteiger partial charge >= 0.3 is 0 Å². The van der Waals surface area contributed by atoms with Crippen LogP contribution in [0.4, 0.5) is 0 Å². The maximum atomic E-state index is 12.2. The fourth-order valence-corrected chi connectivity index (χ4v) is 2.39. The van der Waals surface area contributed by atoms with E-state index in [2.05, 4.69) is 20.6 Å². The van der Waals surface area contributed by atoms with E-state index in [1.165, 1.54) is 0 Å². The second kappa shape index (κ2) is 6.04. The highest BCUT2D eigenvalue weighted by Crippen LogP contribution is 2.18. The summed E-state index contributed by atoms with van der Waals surface area (Å²) in [6.45, 7) is 3.85. The predicted molar refractivity (Wildman–Crippen MR) is 83.6 cm³/mol. The minimum absolute atomic E-state index is 0.201. The van der Waals surface area contributed by atoms with E-state index in [0.717, 1.165) is 16.7 Å². The first-order valence-electron chi connectivity index (χ1n) is 7.18. The zero-order valence-corrected chi connectivity index (χ0v) is 13.2. The van der Waals surface area contributed by atoms with Gasteiger partial charge in [-0.1, -0.05) is 5.16 Å². The van der Waals surface area contributed by atoms with E-state index in [9.17, 15) is 4.79 Å². The van der Waals surface area contributed by atoms with Crippen LogP contribution >= 0.6 is 0 Å². The van der Waals surface area contributed by atoms with Crippen LogP contribution in [0, 0.1) is 13.8 Å². The molecule has 3 aromatic heterocycles. The monoisotopic (exact) mass is 311 g/mol. The molecule has 0 spiro atoms. The highest BCUT2D eigenvalue weighted by molar-refractivity contribution is 5.96. The molecule has 0 aliphatic rings. The van der Waals surface area contributed by atoms with Crippen LogP contribution in [0.15, 0.2) is 35.4 Å². The van der Waals surface area contributed by atoms with Gasteiger partial charge in [0.15, 0.2) is 0 Å². The number of carbonyl (C=O) groups is 1. The molecule has 3 rings (SSSR count). The van der Waals surface area contributed by atoms with E-state index >= 15 is 0 Å². The lowest BCUT2D eigenvalue weighted by Crippen LogP contribution is -2.23. The van der Waals surface area contributed by atoms with Crippen molar-refractivity contribution in [2.75, 3.05) is 0 Å². The molecule has 7 heteroatoms. The van der Waals surface area contributed by atoms with Crippen LogP contribution in [0.25, 0.3) is 11.1 Å². The van der Waals surface area contributed by atoms with Crippen molar-refractivity contribution in [3.05, 3.63) is 53.4 Å². The number of pyridine rings is 1. The Bertz CT molecular complexity index is 830. The topological polar surface area (TPSA) is 85.8 Å². The maximum Gasteiger partial charge on any atom is 0.257 e. The largest absolute Gasteiger partial charge is 0.361 e. The molecule has 0 aromatic carbocycles. The molecule has 7 nitrogen and oxygen atoms in total. The fraction of sp³-hybridized carbons (Fsp3) is 0.250. The summed E-state index contributed by atoms with van der Waals surface area (Å²) in [6, 6.07) is 1.98. The van der Waals surface area contributed by atoms with Crippen LogP contribution in [0.2, 0.25) is 0 Å². The Morgan fingerprint density at radius 2 is 2.09 bits per heavy atom. The van der Waals surface area contributed by atoms with Crippen LogP contribution in [-0.2, 0) is 13.6 Å². The van der Waals surface area contributed by atoms with Gasteiger partial charge in [-0.15, -0.1) is 0 Å². The van der Waals surface area contributed by atoms with Crippen molar-refractivity contribution < 1.29 is 9.32 Å². The summed E-state index contributed by atoms with van der Waals surface area (Å²) in [5.41, 5.74) is 3.93. The van der Waals surface area contributed by atoms with E-state index in [1.54, 1.807) is 37.1 Å². The number of aromatic nitrogens is 4. The highest BCUT2D eigenvalue weighted by Gasteiger charge is 2.17. The molecule has 1 amide bonds. The van der Waals surface area contributed by atoms with E-state index in [1.807, 2.05) is 19.3 Å². The van der Waals surface area contributed by atoms with Gasteiger partial charge in [0.1, 0.15) is 11.3 Å². The van der Waals surface area contributed by atoms with Crippen LogP contribution < -0.4 is 5.32 Å². The van der Waals surface area contributed by atoms with Crippen molar-refractivity contribution in [3.8, 4) is 11.1 Å². The summed E-state index contributed by atoms with van der Waals surface area (Å²) in [5.74, 6) is 0.315. The Labute approximate surface area is 133 Å². The molecule has 0 unspecified atom stereocenters. The fourth-order valence-electron chi connectivity index (χ4n) is 2.39. The van der Waals surface area contributed by atoms with E-state index < -0.39 is 0 Å². The summed E-state index contributed by atoms with van der Waals surface area (Å²) < 4.78 is 6.75. The zero-order chi connectivity index (χ0) is 16.4. The maximum absolute atomic E-state index is 12.2. The minimum Gasteiger partial charge on any atom is -0.361 e. The van der Waals surface area contributed by atoms with Crippen molar-refractivity contribution in [1.29, 1.82) is 0 Å². The second-order valence-electron chi connectivity index (χ2n) is 5.37. The minimum atomic E-state index is -0.201. The molecule has 0 atom stereocenters. The molecule has 0 saturated heterocycles. The molecule has 0 aliphatic carbocycles. The lowest BCUT2D eigenvalue weighted by molar-refractivity contribution is 0.0949. The van der Waals surface area contributed by atoms with Gasteiger partial charge in [-0.3, -0.25) is 14.5 Å². The number of carbonyl (C=O) groups excluding carboxylic acids is 1. The average molecular weight is 311 g/mol. The first-order valence-corrected chi connectivity index (χ1v) is 7.18. The number of nitrogens with one attached hydrogen (secondary N) is 1. The molecule has 0 bridgehead atoms. The number of nitrogens with zero attached hydrogens (tertiary/aromatic N) is 4. The zero-order valence-electron chi connectivity index (χ0n) is 13.2. The summed E-state index contributed by atoms with van der Waals surface area (Å²) >= 11 is 0. The molecule has 3 heterocycles. The molecule has 23 heavy (non-hydrogen) atoms. The molecule has 0 saturated carbocycles. The van der Waals surface area contributed by atoms with Gasteiger partial charge in [0, 0.05) is 43.3 Å². The number of hydrogen-bond donors (Lipinski definition) is 1. The van der Waals surface area contributed by atoms with Crippen molar-refractivity contribution >= 4 is 5.91 Å². The quantitative estimate of drug-likeness (QED) is 0.796. The van der Waals surface area contributed by atoms with Crippen LogP contribution in [-0.4, -0.2) is 25.8 Å². The number of rotatable bonds is 4. The van der Waals surface area contributed by atoms with E-state index in [0.29, 0.717) is 23.6 Å². The Kier molecular flexibility index (Phi) is 3.92. The average Bonchev–Trinajstić information content (AvgIpc) is 3.11. The first-order chi connectivity index (χ1) is 11.0. The van der Waals surface area contributed by atoms with Gasteiger partial charge in [0.05, 0.1) is 11.9 Å². The van der Waals surface area contributed by atoms with Crippen molar-refractivity contribution in [2.45, 2.75) is 20.4 Å². The molecule has 118 valence electrons. The Balaban J connectivity index is 1.73. The molecule has 0 aliphatic heterocycles. The van der Waals surface area contributed by atoms with Crippen LogP contribution in [0.3, 0.4) is 0 Å². The predicted octanol–water partition coefficient (Wildman–Crippen LogP) is 2.02. The second-order valence-corrected chi connectivity index (χ2v) is 5.37.